The van der Waals surface area contributed by atoms with Crippen molar-refractivity contribution in [3.63, 3.8) is 0 Å². The third kappa shape index (κ3) is 5.82. The molecule has 2 aromatic heterocycles. The van der Waals surface area contributed by atoms with Crippen LogP contribution in [0.2, 0.25) is 0 Å². The molecule has 2 heterocycles. The molecule has 3 aromatic rings. The molecular weight excluding hydrogens is 444 g/mol. The lowest BCUT2D eigenvalue weighted by Crippen LogP contribution is -2.42. The van der Waals surface area contributed by atoms with Crippen molar-refractivity contribution in [3.05, 3.63) is 41.7 Å². The topological polar surface area (TPSA) is 219 Å². The number of carbonyl (C=O) groups is 3. The van der Waals surface area contributed by atoms with Gasteiger partial charge in [-0.25, -0.2) is 14.8 Å². The van der Waals surface area contributed by atoms with Crippen molar-refractivity contribution in [1.29, 1.82) is 0 Å². The van der Waals surface area contributed by atoms with Crippen molar-refractivity contribution in [2.24, 2.45) is 5.92 Å². The summed E-state index contributed by atoms with van der Waals surface area (Å²) in [5, 5.41) is 24.0. The Morgan fingerprint density at radius 2 is 1.74 bits per heavy atom. The number of fused-ring (bicyclic) bond motifs is 1. The molecule has 34 heavy (non-hydrogen) atoms. The molecule has 0 aliphatic carbocycles. The molecule has 0 radical (unpaired) electrons. The van der Waals surface area contributed by atoms with Gasteiger partial charge >= 0.3 is 11.9 Å². The van der Waals surface area contributed by atoms with E-state index in [0.717, 1.165) is 0 Å². The number of carboxylic acid groups (broad SMARTS) is 2. The average molecular weight is 468 g/mol. The molecular formula is C21H24N8O5. The first kappa shape index (κ1) is 24.1. The molecule has 0 saturated carbocycles. The van der Waals surface area contributed by atoms with E-state index in [1.165, 1.54) is 18.3 Å². The van der Waals surface area contributed by atoms with Gasteiger partial charge in [0.1, 0.15) is 6.04 Å². The summed E-state index contributed by atoms with van der Waals surface area (Å²) in [7, 11) is 0. The van der Waals surface area contributed by atoms with E-state index in [2.05, 4.69) is 30.6 Å². The molecule has 0 spiro atoms. The molecule has 1 amide bonds. The number of benzene rings is 1. The van der Waals surface area contributed by atoms with Crippen molar-refractivity contribution in [2.75, 3.05) is 16.8 Å². The molecule has 0 bridgehead atoms. The lowest BCUT2D eigenvalue weighted by atomic mass is 9.97. The van der Waals surface area contributed by atoms with Crippen LogP contribution < -0.4 is 22.1 Å². The van der Waals surface area contributed by atoms with Gasteiger partial charge in [-0.3, -0.25) is 9.59 Å². The third-order valence-corrected chi connectivity index (χ3v) is 5.09. The second kappa shape index (κ2) is 10.4. The van der Waals surface area contributed by atoms with Gasteiger partial charge in [0.25, 0.3) is 5.91 Å². The molecule has 13 heteroatoms. The summed E-state index contributed by atoms with van der Waals surface area (Å²) in [6.45, 7) is 1.94. The highest BCUT2D eigenvalue weighted by molar-refractivity contribution is 5.97. The van der Waals surface area contributed by atoms with Crippen molar-refractivity contribution in [3.8, 4) is 0 Å². The summed E-state index contributed by atoms with van der Waals surface area (Å²) in [6.07, 6.45) is 1.57. The van der Waals surface area contributed by atoms with Crippen molar-refractivity contribution in [2.45, 2.75) is 32.4 Å². The Bertz CT molecular complexity index is 1220. The summed E-state index contributed by atoms with van der Waals surface area (Å²) in [4.78, 5) is 51.6. The molecule has 0 aliphatic heterocycles. The van der Waals surface area contributed by atoms with E-state index in [1.807, 2.05) is 0 Å². The maximum Gasteiger partial charge on any atom is 0.326 e. The minimum Gasteiger partial charge on any atom is -0.481 e. The van der Waals surface area contributed by atoms with Crippen LogP contribution in [0.1, 0.15) is 35.8 Å². The van der Waals surface area contributed by atoms with E-state index in [9.17, 15) is 19.5 Å². The van der Waals surface area contributed by atoms with Gasteiger partial charge in [-0.15, -0.1) is 0 Å². The third-order valence-electron chi connectivity index (χ3n) is 5.09. The van der Waals surface area contributed by atoms with E-state index < -0.39 is 29.8 Å². The molecule has 178 valence electrons. The van der Waals surface area contributed by atoms with Crippen LogP contribution in [-0.2, 0) is 16.1 Å². The minimum absolute atomic E-state index is 0.0102. The van der Waals surface area contributed by atoms with Crippen LogP contribution in [0.4, 0.5) is 17.5 Å². The van der Waals surface area contributed by atoms with Crippen LogP contribution in [0.5, 0.6) is 0 Å². The number of nitrogen functional groups attached to an aromatic ring is 2. The first-order valence-electron chi connectivity index (χ1n) is 10.3. The maximum atomic E-state index is 12.5. The quantitative estimate of drug-likeness (QED) is 0.244. The molecule has 8 N–H and O–H groups in total. The summed E-state index contributed by atoms with van der Waals surface area (Å²) in [5.74, 6) is -3.75. The largest absolute Gasteiger partial charge is 0.481 e. The summed E-state index contributed by atoms with van der Waals surface area (Å²) < 4.78 is 0. The van der Waals surface area contributed by atoms with Gasteiger partial charge in [0.05, 0.1) is 24.4 Å². The van der Waals surface area contributed by atoms with Crippen LogP contribution >= 0.6 is 0 Å². The Morgan fingerprint density at radius 1 is 1.03 bits per heavy atom. The van der Waals surface area contributed by atoms with E-state index in [0.29, 0.717) is 23.4 Å². The first-order valence-corrected chi connectivity index (χ1v) is 10.3. The predicted octanol–water partition coefficient (Wildman–Crippen LogP) is 0.880. The Morgan fingerprint density at radius 3 is 2.35 bits per heavy atom. The van der Waals surface area contributed by atoms with E-state index >= 15 is 0 Å². The summed E-state index contributed by atoms with van der Waals surface area (Å²) in [5.41, 5.74) is 13.5. The number of aromatic nitrogens is 4. The number of hydrogen-bond acceptors (Lipinski definition) is 10. The van der Waals surface area contributed by atoms with Gasteiger partial charge in [0.15, 0.2) is 17.0 Å². The fraction of sp³-hybridized carbons (Fsp3) is 0.286. The first-order chi connectivity index (χ1) is 16.2. The van der Waals surface area contributed by atoms with Gasteiger partial charge in [-0.1, -0.05) is 6.92 Å². The van der Waals surface area contributed by atoms with Gasteiger partial charge in [-0.05, 0) is 37.1 Å². The summed E-state index contributed by atoms with van der Waals surface area (Å²) in [6, 6.07) is 5.01. The second-order valence-electron chi connectivity index (χ2n) is 7.47. The molecule has 1 aromatic carbocycles. The van der Waals surface area contributed by atoms with Crippen molar-refractivity contribution < 1.29 is 24.6 Å². The van der Waals surface area contributed by atoms with Crippen molar-refractivity contribution >= 4 is 46.5 Å². The Balaban J connectivity index is 1.63. The van der Waals surface area contributed by atoms with Gasteiger partial charge in [0, 0.05) is 11.3 Å². The minimum atomic E-state index is -1.32. The fourth-order valence-corrected chi connectivity index (χ4v) is 3.19. The predicted molar refractivity (Wildman–Crippen MR) is 123 cm³/mol. The van der Waals surface area contributed by atoms with Gasteiger partial charge in [-0.2, -0.15) is 9.97 Å². The van der Waals surface area contributed by atoms with Crippen LogP contribution in [0, 0.1) is 5.92 Å². The second-order valence-corrected chi connectivity index (χ2v) is 7.47. The molecule has 0 fully saturated rings. The van der Waals surface area contributed by atoms with Gasteiger partial charge < -0.3 is 32.3 Å². The number of nitrogens with one attached hydrogen (secondary N) is 2. The molecule has 0 saturated heterocycles. The highest BCUT2D eigenvalue weighted by atomic mass is 16.4. The van der Waals surface area contributed by atoms with Crippen LogP contribution in [0.15, 0.2) is 30.5 Å². The number of anilines is 3. The van der Waals surface area contributed by atoms with E-state index in [1.54, 1.807) is 19.1 Å². The molecule has 2 unspecified atom stereocenters. The van der Waals surface area contributed by atoms with Crippen LogP contribution in [0.3, 0.4) is 0 Å². The monoisotopic (exact) mass is 468 g/mol. The number of nitrogens with zero attached hydrogens (tertiary/aromatic N) is 4. The van der Waals surface area contributed by atoms with Crippen LogP contribution in [-0.4, -0.2) is 54.0 Å². The van der Waals surface area contributed by atoms with E-state index in [4.69, 9.17) is 16.6 Å². The smallest absolute Gasteiger partial charge is 0.326 e. The Labute approximate surface area is 193 Å². The number of hydrogen-bond donors (Lipinski definition) is 6. The lowest BCUT2D eigenvalue weighted by Gasteiger charge is -2.18. The zero-order valence-electron chi connectivity index (χ0n) is 18.2. The number of aliphatic carboxylic acids is 2. The number of nitrogens with two attached hydrogens (primary N) is 2. The van der Waals surface area contributed by atoms with Gasteiger partial charge in [0.2, 0.25) is 5.95 Å². The highest BCUT2D eigenvalue weighted by Gasteiger charge is 2.27. The van der Waals surface area contributed by atoms with Crippen molar-refractivity contribution in [1.82, 2.24) is 25.3 Å². The number of amides is 1. The molecule has 3 rings (SSSR count). The zero-order chi connectivity index (χ0) is 24.8. The zero-order valence-corrected chi connectivity index (χ0v) is 18.2. The maximum absolute atomic E-state index is 12.5. The standard InChI is InChI=1S/C21H24N8O5/c1-2-10(19(31)32)7-14(20(33)34)27-18(30)11-3-5-12(6-4-11)24-8-13-9-25-17-15(26-13)16(22)28-21(23)29-17/h3-6,9-10,14,24H,2,7-8H2,1H3,(H,27,30)(H,31,32)(H,33,34)(H4,22,23,25,28,29). The number of carbonyl (C=O) groups excluding carboxylic acids is 1. The van der Waals surface area contributed by atoms with E-state index in [-0.39, 0.29) is 35.8 Å². The average Bonchev–Trinajstić information content (AvgIpc) is 2.80. The Hall–Kier alpha value is -4.55. The normalized spacial score (nSPS) is 12.6. The molecule has 0 aliphatic rings. The summed E-state index contributed by atoms with van der Waals surface area (Å²) >= 11 is 0. The SMILES string of the molecule is CCC(CC(NC(=O)c1ccc(NCc2cnc3nc(N)nc(N)c3n2)cc1)C(=O)O)C(=O)O. The molecule has 13 nitrogen and oxygen atoms in total. The Kier molecular flexibility index (Phi) is 7.36. The molecule has 2 atom stereocenters. The number of rotatable bonds is 10. The highest BCUT2D eigenvalue weighted by Crippen LogP contribution is 2.17. The lowest BCUT2D eigenvalue weighted by molar-refractivity contribution is -0.144. The van der Waals surface area contributed by atoms with Crippen LogP contribution in [0.25, 0.3) is 11.2 Å². The fourth-order valence-electron chi connectivity index (χ4n) is 3.19. The number of carboxylic acids is 2.